The maximum atomic E-state index is 3.87. The zero-order valence-corrected chi connectivity index (χ0v) is 13.6. The van der Waals surface area contributed by atoms with Crippen LogP contribution in [0.3, 0.4) is 0 Å². The first-order valence-corrected chi connectivity index (χ1v) is 8.45. The van der Waals surface area contributed by atoms with Gasteiger partial charge in [-0.15, -0.1) is 0 Å². The number of hydrogen-bond acceptors (Lipinski definition) is 0. The molecule has 104 valence electrons. The first-order chi connectivity index (χ1) is 9.74. The Hall–Kier alpha value is -1.08. The van der Waals surface area contributed by atoms with Gasteiger partial charge in [0.1, 0.15) is 0 Å². The average Bonchev–Trinajstić information content (AvgIpc) is 2.95. The summed E-state index contributed by atoms with van der Waals surface area (Å²) in [5.41, 5.74) is 6.01. The summed E-state index contributed by atoms with van der Waals surface area (Å²) in [6.45, 7) is 2.33. The number of fused-ring (bicyclic) bond motifs is 1. The average molecular weight is 329 g/mol. The summed E-state index contributed by atoms with van der Waals surface area (Å²) < 4.78 is 0. The molecule has 1 aliphatic rings. The summed E-state index contributed by atoms with van der Waals surface area (Å²) in [7, 11) is 0. The molecule has 20 heavy (non-hydrogen) atoms. The van der Waals surface area contributed by atoms with Crippen LogP contribution in [0.4, 0.5) is 0 Å². The minimum Gasteiger partial charge on any atom is -0.0836 e. The zero-order valence-electron chi connectivity index (χ0n) is 12.0. The van der Waals surface area contributed by atoms with Gasteiger partial charge in [-0.3, -0.25) is 0 Å². The molecule has 0 spiro atoms. The second-order valence-corrected chi connectivity index (χ2v) is 6.94. The molecule has 3 rings (SSSR count). The SMILES string of the molecule is CC(Cc1ccc2c(c1)CCC2)C(Br)c1ccccc1. The highest BCUT2D eigenvalue weighted by molar-refractivity contribution is 9.09. The Morgan fingerprint density at radius 2 is 1.75 bits per heavy atom. The molecule has 2 aromatic rings. The van der Waals surface area contributed by atoms with Crippen molar-refractivity contribution >= 4 is 15.9 Å². The van der Waals surface area contributed by atoms with Gasteiger partial charge in [-0.05, 0) is 53.9 Å². The summed E-state index contributed by atoms with van der Waals surface area (Å²) in [5, 5.41) is 0. The molecule has 0 radical (unpaired) electrons. The van der Waals surface area contributed by atoms with Crippen molar-refractivity contribution in [2.45, 2.75) is 37.4 Å². The molecule has 0 heterocycles. The van der Waals surface area contributed by atoms with Crippen molar-refractivity contribution in [1.82, 2.24) is 0 Å². The van der Waals surface area contributed by atoms with Crippen molar-refractivity contribution in [3.8, 4) is 0 Å². The molecule has 0 bridgehead atoms. The van der Waals surface area contributed by atoms with E-state index in [1.165, 1.54) is 30.4 Å². The van der Waals surface area contributed by atoms with Crippen LogP contribution in [0.2, 0.25) is 0 Å². The van der Waals surface area contributed by atoms with Crippen LogP contribution in [-0.4, -0.2) is 0 Å². The largest absolute Gasteiger partial charge is 0.0836 e. The first-order valence-electron chi connectivity index (χ1n) is 7.54. The summed E-state index contributed by atoms with van der Waals surface area (Å²) in [6.07, 6.45) is 5.02. The lowest BCUT2D eigenvalue weighted by molar-refractivity contribution is 0.572. The van der Waals surface area contributed by atoms with Crippen molar-refractivity contribution in [3.05, 3.63) is 70.8 Å². The normalized spacial score (nSPS) is 16.7. The van der Waals surface area contributed by atoms with Gasteiger partial charge < -0.3 is 0 Å². The molecule has 1 heteroatoms. The summed E-state index contributed by atoms with van der Waals surface area (Å²) in [5.74, 6) is 0.594. The third-order valence-corrected chi connectivity index (χ3v) is 5.77. The quantitative estimate of drug-likeness (QED) is 0.651. The van der Waals surface area contributed by atoms with Crippen LogP contribution in [0.1, 0.15) is 40.4 Å². The number of hydrogen-bond donors (Lipinski definition) is 0. The Bertz CT molecular complexity index is 574. The fourth-order valence-electron chi connectivity index (χ4n) is 3.19. The van der Waals surface area contributed by atoms with Gasteiger partial charge in [-0.2, -0.15) is 0 Å². The van der Waals surface area contributed by atoms with Crippen LogP contribution in [-0.2, 0) is 19.3 Å². The molecule has 0 saturated heterocycles. The molecule has 2 unspecified atom stereocenters. The van der Waals surface area contributed by atoms with E-state index in [2.05, 4.69) is 71.4 Å². The molecule has 0 fully saturated rings. The van der Waals surface area contributed by atoms with Gasteiger partial charge in [0.05, 0.1) is 0 Å². The molecule has 0 saturated carbocycles. The minimum atomic E-state index is 0.428. The summed E-state index contributed by atoms with van der Waals surface area (Å²) in [4.78, 5) is 0.428. The molecule has 1 aliphatic carbocycles. The highest BCUT2D eigenvalue weighted by atomic mass is 79.9. The van der Waals surface area contributed by atoms with Crippen LogP contribution >= 0.6 is 15.9 Å². The molecule has 0 aliphatic heterocycles. The fraction of sp³-hybridized carbons (Fsp3) is 0.368. The van der Waals surface area contributed by atoms with Gasteiger partial charge in [-0.1, -0.05) is 71.4 Å². The number of rotatable bonds is 4. The van der Waals surface area contributed by atoms with Crippen LogP contribution in [0.5, 0.6) is 0 Å². The van der Waals surface area contributed by atoms with E-state index in [0.29, 0.717) is 10.7 Å². The van der Waals surface area contributed by atoms with Crippen LogP contribution in [0.15, 0.2) is 48.5 Å². The van der Waals surface area contributed by atoms with Gasteiger partial charge in [0.2, 0.25) is 0 Å². The predicted octanol–water partition coefficient (Wildman–Crippen LogP) is 5.49. The van der Waals surface area contributed by atoms with E-state index in [-0.39, 0.29) is 0 Å². The van der Waals surface area contributed by atoms with E-state index >= 15 is 0 Å². The van der Waals surface area contributed by atoms with E-state index in [0.717, 1.165) is 6.42 Å². The lowest BCUT2D eigenvalue weighted by atomic mass is 9.93. The lowest BCUT2D eigenvalue weighted by Crippen LogP contribution is -2.07. The Kier molecular flexibility index (Phi) is 4.26. The van der Waals surface area contributed by atoms with Crippen molar-refractivity contribution in [1.29, 1.82) is 0 Å². The van der Waals surface area contributed by atoms with E-state index < -0.39 is 0 Å². The lowest BCUT2D eigenvalue weighted by Gasteiger charge is -2.19. The van der Waals surface area contributed by atoms with Gasteiger partial charge in [0.25, 0.3) is 0 Å². The number of benzene rings is 2. The van der Waals surface area contributed by atoms with Crippen LogP contribution in [0.25, 0.3) is 0 Å². The Morgan fingerprint density at radius 1 is 1.00 bits per heavy atom. The maximum Gasteiger partial charge on any atom is 0.0424 e. The second-order valence-electron chi connectivity index (χ2n) is 5.95. The monoisotopic (exact) mass is 328 g/mol. The summed E-state index contributed by atoms with van der Waals surface area (Å²) >= 11 is 3.87. The van der Waals surface area contributed by atoms with Crippen molar-refractivity contribution in [3.63, 3.8) is 0 Å². The Morgan fingerprint density at radius 3 is 2.55 bits per heavy atom. The molecule has 2 aromatic carbocycles. The van der Waals surface area contributed by atoms with E-state index in [4.69, 9.17) is 0 Å². The Labute approximate surface area is 130 Å². The van der Waals surface area contributed by atoms with Gasteiger partial charge in [0, 0.05) is 4.83 Å². The number of halogens is 1. The topological polar surface area (TPSA) is 0 Å². The molecule has 2 atom stereocenters. The Balaban J connectivity index is 1.71. The smallest absolute Gasteiger partial charge is 0.0424 e. The minimum absolute atomic E-state index is 0.428. The zero-order chi connectivity index (χ0) is 13.9. The molecular weight excluding hydrogens is 308 g/mol. The van der Waals surface area contributed by atoms with Crippen molar-refractivity contribution in [2.75, 3.05) is 0 Å². The second kappa shape index (κ2) is 6.13. The van der Waals surface area contributed by atoms with Gasteiger partial charge in [-0.25, -0.2) is 0 Å². The predicted molar refractivity (Wildman–Crippen MR) is 89.4 cm³/mol. The number of alkyl halides is 1. The van der Waals surface area contributed by atoms with Gasteiger partial charge in [0.15, 0.2) is 0 Å². The fourth-order valence-corrected chi connectivity index (χ4v) is 3.68. The summed E-state index contributed by atoms with van der Waals surface area (Å²) in [6, 6.07) is 17.8. The van der Waals surface area contributed by atoms with Crippen molar-refractivity contribution in [2.24, 2.45) is 5.92 Å². The van der Waals surface area contributed by atoms with Crippen molar-refractivity contribution < 1.29 is 0 Å². The molecule has 0 aromatic heterocycles. The standard InChI is InChI=1S/C19H21Br/c1-14(19(20)17-6-3-2-4-7-17)12-15-10-11-16-8-5-9-18(16)13-15/h2-4,6-7,10-11,13-14,19H,5,8-9,12H2,1H3. The molecule has 0 nitrogen and oxygen atoms in total. The molecular formula is C19H21Br. The highest BCUT2D eigenvalue weighted by Gasteiger charge is 2.17. The van der Waals surface area contributed by atoms with E-state index in [1.54, 1.807) is 11.1 Å². The third-order valence-electron chi connectivity index (χ3n) is 4.34. The molecule has 0 amide bonds. The van der Waals surface area contributed by atoms with E-state index in [1.807, 2.05) is 0 Å². The molecule has 0 N–H and O–H groups in total. The van der Waals surface area contributed by atoms with E-state index in [9.17, 15) is 0 Å². The van der Waals surface area contributed by atoms with Crippen LogP contribution < -0.4 is 0 Å². The first kappa shape index (κ1) is 13.9. The van der Waals surface area contributed by atoms with Crippen LogP contribution in [0, 0.1) is 5.92 Å². The number of aryl methyl sites for hydroxylation is 2. The van der Waals surface area contributed by atoms with Gasteiger partial charge >= 0.3 is 0 Å². The highest BCUT2D eigenvalue weighted by Crippen LogP contribution is 2.33. The maximum absolute atomic E-state index is 3.87. The third kappa shape index (κ3) is 2.98.